The van der Waals surface area contributed by atoms with Crippen molar-refractivity contribution in [3.8, 4) is 33.4 Å². The van der Waals surface area contributed by atoms with Crippen molar-refractivity contribution in [2.24, 2.45) is 0 Å². The molecular weight excluding hydrogens is 638 g/mol. The molecule has 0 fully saturated rings. The van der Waals surface area contributed by atoms with Gasteiger partial charge in [-0.3, -0.25) is 0 Å². The zero-order valence-corrected chi connectivity index (χ0v) is 37.4. The van der Waals surface area contributed by atoms with Crippen LogP contribution >= 0.6 is 0 Å². The van der Waals surface area contributed by atoms with Crippen molar-refractivity contribution in [2.75, 3.05) is 0 Å². The highest BCUT2D eigenvalue weighted by molar-refractivity contribution is 6.75. The van der Waals surface area contributed by atoms with Crippen LogP contribution in [0.5, 0.6) is 0 Å². The van der Waals surface area contributed by atoms with Gasteiger partial charge < -0.3 is 0 Å². The van der Waals surface area contributed by atoms with Crippen molar-refractivity contribution in [2.45, 2.75) is 0 Å². The molecule has 0 unspecified atom stereocenters. The van der Waals surface area contributed by atoms with Gasteiger partial charge in [0.25, 0.3) is 0 Å². The number of rotatable bonds is 3. The van der Waals surface area contributed by atoms with Crippen LogP contribution in [0.2, 0.25) is 0 Å². The van der Waals surface area contributed by atoms with Gasteiger partial charge in [0.1, 0.15) is 149 Å². The van der Waals surface area contributed by atoms with Crippen molar-refractivity contribution in [1.82, 2.24) is 0 Å². The van der Waals surface area contributed by atoms with Gasteiger partial charge in [0.15, 0.2) is 0 Å². The first kappa shape index (κ1) is 39.8. The van der Waals surface area contributed by atoms with Gasteiger partial charge in [-0.15, -0.1) is 49.2 Å². The third kappa shape index (κ3) is 5.40. The summed E-state index contributed by atoms with van der Waals surface area (Å²) in [4.78, 5) is 0. The van der Waals surface area contributed by atoms with Gasteiger partial charge in [0.2, 0.25) is 0 Å². The van der Waals surface area contributed by atoms with E-state index < -0.39 is 0 Å². The monoisotopic (exact) mass is 685 g/mol. The lowest BCUT2D eigenvalue weighted by Crippen LogP contribution is -2.55. The van der Waals surface area contributed by atoms with Crippen LogP contribution in [0, 0.1) is 0 Å². The van der Waals surface area contributed by atoms with Gasteiger partial charge in [-0.1, -0.05) is 85.0 Å². The predicted octanol–water partition coefficient (Wildman–Crippen LogP) is -22.9. The van der Waals surface area contributed by atoms with Crippen LogP contribution < -0.4 is 104 Å². The number of hydrogen-bond donors (Lipinski definition) is 0. The molecule has 0 heterocycles. The minimum atomic E-state index is 1.29. The van der Waals surface area contributed by atoms with Crippen LogP contribution in [0.25, 0.3) is 65.7 Å². The predicted molar refractivity (Wildman–Crippen MR) is 311 cm³/mol. The summed E-state index contributed by atoms with van der Waals surface area (Å²) in [5, 5.41) is 8.53. The molecule has 0 aromatic heterocycles. The normalized spacial score (nSPS) is 11.6. The Morgan fingerprint density at radius 2 is 0.400 bits per heavy atom. The molecule has 0 N–H and O–H groups in total. The fourth-order valence-corrected chi connectivity index (χ4v) is 10.5. The number of benzene rings is 7. The van der Waals surface area contributed by atoms with Gasteiger partial charge in [-0.05, 0) is 65.7 Å². The lowest BCUT2D eigenvalue weighted by Gasteiger charge is -2.32. The Kier molecular flexibility index (Phi) is 10.0. The molecule has 0 amide bonds. The van der Waals surface area contributed by atoms with E-state index in [0.29, 0.717) is 0 Å². The molecule has 0 aliphatic rings. The molecule has 55 heavy (non-hydrogen) atoms. The average molecular weight is 681 g/mol. The standard InChI is InChI=1S/C36H43B19/c37-18-7(6-4-2-1-3-5-6)10-16(25(44)33(52)28(47)20(10)39)13(19(18)38)8-11-14(23(42)31(50)29(48)21(11)40)9(15-12(8)22(41)30(49)32(51)24(15)43)17-26(45)34(53)36(55)35(54)27(17)46/h1-5H,37-55H2. The second kappa shape index (κ2) is 13.9. The summed E-state index contributed by atoms with van der Waals surface area (Å²) in [5.74, 6) is 0. The van der Waals surface area contributed by atoms with Crippen molar-refractivity contribution >= 4 is 285 Å². The molecule has 7 rings (SSSR count). The average Bonchev–Trinajstić information content (AvgIpc) is 3.17. The van der Waals surface area contributed by atoms with Crippen molar-refractivity contribution in [3.05, 3.63) is 30.3 Å². The smallest absolute Gasteiger partial charge is 0.102 e. The van der Waals surface area contributed by atoms with Crippen molar-refractivity contribution in [1.29, 1.82) is 0 Å². The maximum absolute atomic E-state index is 2.42. The maximum atomic E-state index is 2.42. The molecule has 0 aliphatic heterocycles. The number of hydrogen-bond acceptors (Lipinski definition) is 0. The molecule has 7 aromatic rings. The molecule has 0 aliphatic carbocycles. The van der Waals surface area contributed by atoms with E-state index >= 15 is 0 Å². The van der Waals surface area contributed by atoms with E-state index in [1.807, 2.05) is 0 Å². The molecule has 0 bridgehead atoms. The maximum Gasteiger partial charge on any atom is 0.139 e. The zero-order chi connectivity index (χ0) is 40.4. The quantitative estimate of drug-likeness (QED) is 0.129. The van der Waals surface area contributed by atoms with Gasteiger partial charge in [-0.2, -0.15) is 0 Å². The van der Waals surface area contributed by atoms with E-state index in [4.69, 9.17) is 0 Å². The first-order chi connectivity index (χ1) is 25.8. The Hall–Kier alpha value is -3.45. The third-order valence-corrected chi connectivity index (χ3v) is 15.4. The first-order valence-electron chi connectivity index (χ1n) is 20.4. The highest BCUT2D eigenvalue weighted by Gasteiger charge is 2.30. The zero-order valence-electron chi connectivity index (χ0n) is 37.4. The van der Waals surface area contributed by atoms with E-state index in [0.717, 1.165) is 0 Å². The van der Waals surface area contributed by atoms with Crippen LogP contribution in [0.3, 0.4) is 0 Å². The molecule has 0 saturated carbocycles. The molecule has 0 atom stereocenters. The Labute approximate surface area is 347 Å². The molecule has 7 aromatic carbocycles. The molecule has 0 radical (unpaired) electrons. The van der Waals surface area contributed by atoms with E-state index in [9.17, 15) is 0 Å². The van der Waals surface area contributed by atoms with Gasteiger partial charge in [0.05, 0.1) is 0 Å². The van der Waals surface area contributed by atoms with Crippen molar-refractivity contribution < 1.29 is 0 Å². The van der Waals surface area contributed by atoms with E-state index in [-0.39, 0.29) is 0 Å². The summed E-state index contributed by atoms with van der Waals surface area (Å²) < 4.78 is 0. The Bertz CT molecular complexity index is 2790. The van der Waals surface area contributed by atoms with Crippen LogP contribution in [-0.4, -0.2) is 149 Å². The second-order valence-electron chi connectivity index (χ2n) is 17.4. The number of fused-ring (bicyclic) bond motifs is 3. The highest BCUT2D eigenvalue weighted by Crippen LogP contribution is 2.41. The Morgan fingerprint density at radius 1 is 0.182 bits per heavy atom. The van der Waals surface area contributed by atoms with E-state index in [1.165, 1.54) is 169 Å². The van der Waals surface area contributed by atoms with Gasteiger partial charge >= 0.3 is 0 Å². The van der Waals surface area contributed by atoms with Gasteiger partial charge in [0, 0.05) is 0 Å². The molecule has 0 spiro atoms. The third-order valence-electron chi connectivity index (χ3n) is 15.4. The van der Waals surface area contributed by atoms with E-state index in [2.05, 4.69) is 179 Å². The van der Waals surface area contributed by atoms with Gasteiger partial charge in [-0.25, -0.2) is 0 Å². The summed E-state index contributed by atoms with van der Waals surface area (Å²) in [7, 11) is 45.0. The van der Waals surface area contributed by atoms with Crippen LogP contribution in [0.4, 0.5) is 0 Å². The lowest BCUT2D eigenvalue weighted by molar-refractivity contribution is 1.69. The topological polar surface area (TPSA) is 0 Å². The summed E-state index contributed by atoms with van der Waals surface area (Å²) in [6.45, 7) is 0. The Balaban J connectivity index is 1.95. The minimum Gasteiger partial charge on any atom is -0.102 e. The first-order valence-corrected chi connectivity index (χ1v) is 20.4. The van der Waals surface area contributed by atoms with Crippen LogP contribution in [0.1, 0.15) is 0 Å². The highest BCUT2D eigenvalue weighted by atomic mass is 14.3. The van der Waals surface area contributed by atoms with Crippen LogP contribution in [-0.2, 0) is 0 Å². The molecule has 0 saturated heterocycles. The van der Waals surface area contributed by atoms with Crippen molar-refractivity contribution in [3.63, 3.8) is 0 Å². The lowest BCUT2D eigenvalue weighted by atomic mass is 9.55. The minimum absolute atomic E-state index is 1.29. The van der Waals surface area contributed by atoms with E-state index in [1.54, 1.807) is 0 Å². The summed E-state index contributed by atoms with van der Waals surface area (Å²) in [5.41, 5.74) is 35.0. The summed E-state index contributed by atoms with van der Waals surface area (Å²) in [6, 6.07) is 11.1. The summed E-state index contributed by atoms with van der Waals surface area (Å²) in [6.07, 6.45) is 0. The fourth-order valence-electron chi connectivity index (χ4n) is 10.5. The molecular formula is C36H43B19. The SMILES string of the molecule is Bc1c(B)c(B)c(-c2c3c(B)c(B)c(B)c(B)c3c(-c3c(B)c(B)c(-c4ccccc4)c4c(B)c(B)c(B)c(B)c34)c3c(B)c(B)c(B)c(B)c23)c(B)c1B. The molecule has 0 nitrogen and oxygen atoms in total. The Morgan fingerprint density at radius 3 is 0.745 bits per heavy atom. The summed E-state index contributed by atoms with van der Waals surface area (Å²) >= 11 is 0. The van der Waals surface area contributed by atoms with Crippen LogP contribution in [0.15, 0.2) is 30.3 Å². The fraction of sp³-hybridized carbons (Fsp3) is 0. The second-order valence-corrected chi connectivity index (χ2v) is 17.4. The largest absolute Gasteiger partial charge is 0.139 e. The molecule has 244 valence electrons. The molecule has 19 heteroatoms.